The minimum Gasteiger partial charge on any atom is -0.506 e. The number of nitrogens with zero attached hydrogens (tertiary/aromatic N) is 2. The molecule has 0 saturated carbocycles. The van der Waals surface area contributed by atoms with E-state index in [0.29, 0.717) is 11.1 Å². The highest BCUT2D eigenvalue weighted by molar-refractivity contribution is 6.32. The lowest BCUT2D eigenvalue weighted by atomic mass is 10.1. The van der Waals surface area contributed by atoms with Crippen molar-refractivity contribution in [3.8, 4) is 5.75 Å². The number of aliphatic hydroxyl groups is 1. The Kier molecular flexibility index (Phi) is 6.90. The minimum atomic E-state index is 0.125. The molecular formula is C18H27ClN2O2. The first-order valence-corrected chi connectivity index (χ1v) is 8.55. The molecule has 1 heterocycles. The lowest BCUT2D eigenvalue weighted by molar-refractivity contribution is 0.0636. The summed E-state index contributed by atoms with van der Waals surface area (Å²) >= 11 is 5.99. The number of hydrogen-bond donors (Lipinski definition) is 2. The van der Waals surface area contributed by atoms with Gasteiger partial charge in [-0.15, -0.1) is 0 Å². The summed E-state index contributed by atoms with van der Waals surface area (Å²) in [5, 5.41) is 19.3. The molecule has 1 saturated heterocycles. The summed E-state index contributed by atoms with van der Waals surface area (Å²) < 4.78 is 0. The largest absolute Gasteiger partial charge is 0.506 e. The third-order valence-corrected chi connectivity index (χ3v) is 4.61. The molecule has 2 rings (SSSR count). The van der Waals surface area contributed by atoms with Gasteiger partial charge in [0.15, 0.2) is 0 Å². The highest BCUT2D eigenvalue weighted by atomic mass is 35.5. The fourth-order valence-electron chi connectivity index (χ4n) is 2.97. The number of benzene rings is 1. The quantitative estimate of drug-likeness (QED) is 0.783. The number of halogens is 1. The van der Waals surface area contributed by atoms with E-state index in [9.17, 15) is 10.2 Å². The van der Waals surface area contributed by atoms with E-state index in [2.05, 4.69) is 29.7 Å². The summed E-state index contributed by atoms with van der Waals surface area (Å²) in [6.45, 7) is 9.16. The number of phenolic OH excluding ortho intramolecular Hbond substituents is 1. The molecule has 0 spiro atoms. The van der Waals surface area contributed by atoms with Gasteiger partial charge in [0.2, 0.25) is 0 Å². The van der Waals surface area contributed by atoms with Crippen molar-refractivity contribution >= 4 is 11.6 Å². The Morgan fingerprint density at radius 2 is 2.13 bits per heavy atom. The molecule has 1 atom stereocenters. The van der Waals surface area contributed by atoms with Crippen molar-refractivity contribution in [3.05, 3.63) is 40.4 Å². The predicted molar refractivity (Wildman–Crippen MR) is 94.9 cm³/mol. The zero-order chi connectivity index (χ0) is 16.8. The molecule has 1 aromatic rings. The van der Waals surface area contributed by atoms with E-state index in [1.54, 1.807) is 6.07 Å². The third kappa shape index (κ3) is 5.50. The fourth-order valence-corrected chi connectivity index (χ4v) is 3.17. The molecule has 1 aromatic carbocycles. The molecule has 23 heavy (non-hydrogen) atoms. The Labute approximate surface area is 144 Å². The van der Waals surface area contributed by atoms with E-state index >= 15 is 0 Å². The summed E-state index contributed by atoms with van der Waals surface area (Å²) in [5.41, 5.74) is 2.43. The monoisotopic (exact) mass is 338 g/mol. The Balaban J connectivity index is 1.97. The van der Waals surface area contributed by atoms with Gasteiger partial charge in [-0.25, -0.2) is 0 Å². The van der Waals surface area contributed by atoms with Gasteiger partial charge in [-0.3, -0.25) is 9.80 Å². The average molecular weight is 339 g/mol. The van der Waals surface area contributed by atoms with Crippen LogP contribution in [0.25, 0.3) is 0 Å². The molecule has 0 amide bonds. The molecule has 0 unspecified atom stereocenters. The maximum atomic E-state index is 9.51. The van der Waals surface area contributed by atoms with Crippen LogP contribution >= 0.6 is 11.6 Å². The standard InChI is InChI=1S/C18H27ClN2O2/c1-14(2)5-7-21-9-8-20(13-16(21)6-10-22)12-15-3-4-18(23)17(19)11-15/h3-5,11,16,22-23H,6-10,12-13H2,1-2H3/t16-/m1/s1. The summed E-state index contributed by atoms with van der Waals surface area (Å²) in [5.74, 6) is 0.125. The van der Waals surface area contributed by atoms with Crippen molar-refractivity contribution in [3.63, 3.8) is 0 Å². The lowest BCUT2D eigenvalue weighted by Gasteiger charge is -2.41. The number of aromatic hydroxyl groups is 1. The van der Waals surface area contributed by atoms with Crippen LogP contribution in [-0.2, 0) is 6.54 Å². The molecule has 1 fully saturated rings. The maximum Gasteiger partial charge on any atom is 0.134 e. The molecule has 1 aliphatic heterocycles. The lowest BCUT2D eigenvalue weighted by Crippen LogP contribution is -2.53. The van der Waals surface area contributed by atoms with E-state index in [1.807, 2.05) is 12.1 Å². The fraction of sp³-hybridized carbons (Fsp3) is 0.556. The number of phenols is 1. The van der Waals surface area contributed by atoms with Crippen LogP contribution in [-0.4, -0.2) is 58.8 Å². The van der Waals surface area contributed by atoms with Crippen LogP contribution in [0.15, 0.2) is 29.8 Å². The summed E-state index contributed by atoms with van der Waals surface area (Å²) in [7, 11) is 0. The zero-order valence-electron chi connectivity index (χ0n) is 14.0. The zero-order valence-corrected chi connectivity index (χ0v) is 14.8. The van der Waals surface area contributed by atoms with Crippen molar-refractivity contribution < 1.29 is 10.2 Å². The first-order valence-electron chi connectivity index (χ1n) is 8.17. The molecule has 0 radical (unpaired) electrons. The molecule has 4 nitrogen and oxygen atoms in total. The van der Waals surface area contributed by atoms with E-state index in [-0.39, 0.29) is 12.4 Å². The topological polar surface area (TPSA) is 46.9 Å². The molecule has 128 valence electrons. The summed E-state index contributed by atoms with van der Waals surface area (Å²) in [6.07, 6.45) is 3.04. The highest BCUT2D eigenvalue weighted by Crippen LogP contribution is 2.25. The Morgan fingerprint density at radius 3 is 2.78 bits per heavy atom. The van der Waals surface area contributed by atoms with Gasteiger partial charge < -0.3 is 10.2 Å². The van der Waals surface area contributed by atoms with E-state index in [4.69, 9.17) is 11.6 Å². The molecule has 5 heteroatoms. The second kappa shape index (κ2) is 8.69. The minimum absolute atomic E-state index is 0.125. The van der Waals surface area contributed by atoms with Gasteiger partial charge >= 0.3 is 0 Å². The molecule has 2 N–H and O–H groups in total. The first-order chi connectivity index (χ1) is 11.0. The maximum absolute atomic E-state index is 9.51. The van der Waals surface area contributed by atoms with Crippen LogP contribution in [0.5, 0.6) is 5.75 Å². The second-order valence-electron chi connectivity index (χ2n) is 6.46. The number of hydrogen-bond acceptors (Lipinski definition) is 4. The Bertz CT molecular complexity index is 544. The normalized spacial score (nSPS) is 19.7. The van der Waals surface area contributed by atoms with Gasteiger partial charge in [0.1, 0.15) is 5.75 Å². The smallest absolute Gasteiger partial charge is 0.134 e. The molecule has 0 aromatic heterocycles. The van der Waals surface area contributed by atoms with Crippen molar-refractivity contribution in [2.75, 3.05) is 32.8 Å². The van der Waals surface area contributed by atoms with Crippen LogP contribution in [0.3, 0.4) is 0 Å². The SMILES string of the molecule is CC(C)=CCN1CCN(Cc2ccc(O)c(Cl)c2)C[C@H]1CCO. The van der Waals surface area contributed by atoms with Gasteiger partial charge in [-0.05, 0) is 38.0 Å². The van der Waals surface area contributed by atoms with Gasteiger partial charge in [0.05, 0.1) is 5.02 Å². The van der Waals surface area contributed by atoms with E-state index in [1.165, 1.54) is 5.57 Å². The van der Waals surface area contributed by atoms with Crippen LogP contribution in [0.2, 0.25) is 5.02 Å². The molecule has 0 aliphatic carbocycles. The number of allylic oxidation sites excluding steroid dienone is 1. The van der Waals surface area contributed by atoms with Crippen molar-refractivity contribution in [2.24, 2.45) is 0 Å². The Hall–Kier alpha value is -1.07. The number of rotatable bonds is 6. The van der Waals surface area contributed by atoms with Crippen molar-refractivity contribution in [2.45, 2.75) is 32.9 Å². The second-order valence-corrected chi connectivity index (χ2v) is 6.87. The van der Waals surface area contributed by atoms with Gasteiger partial charge in [-0.2, -0.15) is 0 Å². The van der Waals surface area contributed by atoms with Crippen LogP contribution < -0.4 is 0 Å². The van der Waals surface area contributed by atoms with Crippen LogP contribution in [0, 0.1) is 0 Å². The molecule has 0 bridgehead atoms. The Morgan fingerprint density at radius 1 is 1.35 bits per heavy atom. The summed E-state index contributed by atoms with van der Waals surface area (Å²) in [6, 6.07) is 5.76. The third-order valence-electron chi connectivity index (χ3n) is 4.30. The van der Waals surface area contributed by atoms with Gasteiger partial charge in [0, 0.05) is 45.4 Å². The van der Waals surface area contributed by atoms with Gasteiger partial charge in [-0.1, -0.05) is 29.3 Å². The molecular weight excluding hydrogens is 312 g/mol. The van der Waals surface area contributed by atoms with Gasteiger partial charge in [0.25, 0.3) is 0 Å². The average Bonchev–Trinajstić information content (AvgIpc) is 2.50. The number of aliphatic hydroxyl groups excluding tert-OH is 1. The van der Waals surface area contributed by atoms with Crippen LogP contribution in [0.4, 0.5) is 0 Å². The first kappa shape index (κ1) is 18.3. The van der Waals surface area contributed by atoms with Crippen molar-refractivity contribution in [1.82, 2.24) is 9.80 Å². The highest BCUT2D eigenvalue weighted by Gasteiger charge is 2.25. The number of piperazine rings is 1. The van der Waals surface area contributed by atoms with E-state index < -0.39 is 0 Å². The predicted octanol–water partition coefficient (Wildman–Crippen LogP) is 2.88. The van der Waals surface area contributed by atoms with E-state index in [0.717, 1.165) is 44.7 Å². The molecule has 1 aliphatic rings. The van der Waals surface area contributed by atoms with Crippen molar-refractivity contribution in [1.29, 1.82) is 0 Å². The van der Waals surface area contributed by atoms with Crippen LogP contribution in [0.1, 0.15) is 25.8 Å². The summed E-state index contributed by atoms with van der Waals surface area (Å²) in [4.78, 5) is 4.84.